The molecule has 7 heteroatoms. The molecule has 2 aromatic carbocycles. The molecule has 156 valence electrons. The number of hydrogen-bond donors (Lipinski definition) is 4. The number of hydrogen-bond acceptors (Lipinski definition) is 7. The van der Waals surface area contributed by atoms with Gasteiger partial charge in [-0.15, -0.1) is 0 Å². The van der Waals surface area contributed by atoms with Gasteiger partial charge in [0.1, 0.15) is 43.7 Å². The maximum absolute atomic E-state index is 10.4. The highest BCUT2D eigenvalue weighted by Gasteiger charge is 2.43. The van der Waals surface area contributed by atoms with Gasteiger partial charge in [0.2, 0.25) is 0 Å². The standard InChI is InChI=1S/C22H26O7/c1-12-2-4-14(22-21(26)20(25)19(24)18(11-23)29-22)10-15(12)8-13-3-5-16-17(9-13)28-7-6-27-16/h2-5,9-10,18-26H,6-8,11H2,1H3/t18-,19-,20+,21-,22+/m1/s1. The second-order valence-corrected chi connectivity index (χ2v) is 7.59. The molecule has 7 nitrogen and oxygen atoms in total. The Kier molecular flexibility index (Phi) is 5.76. The van der Waals surface area contributed by atoms with Gasteiger partial charge < -0.3 is 34.6 Å². The summed E-state index contributed by atoms with van der Waals surface area (Å²) in [6.45, 7) is 2.64. The number of fused-ring (bicyclic) bond motifs is 1. The van der Waals surface area contributed by atoms with Crippen molar-refractivity contribution in [3.63, 3.8) is 0 Å². The summed E-state index contributed by atoms with van der Waals surface area (Å²) in [5.74, 6) is 1.48. The van der Waals surface area contributed by atoms with Crippen LogP contribution in [0.15, 0.2) is 36.4 Å². The Morgan fingerprint density at radius 1 is 0.897 bits per heavy atom. The summed E-state index contributed by atoms with van der Waals surface area (Å²) < 4.78 is 16.9. The van der Waals surface area contributed by atoms with Gasteiger partial charge in [0.25, 0.3) is 0 Å². The molecule has 0 radical (unpaired) electrons. The molecule has 2 aliphatic heterocycles. The smallest absolute Gasteiger partial charge is 0.161 e. The van der Waals surface area contributed by atoms with Crippen LogP contribution in [-0.2, 0) is 11.2 Å². The molecular formula is C22H26O7. The molecule has 0 unspecified atom stereocenters. The summed E-state index contributed by atoms with van der Waals surface area (Å²) in [7, 11) is 0. The monoisotopic (exact) mass is 402 g/mol. The zero-order valence-corrected chi connectivity index (χ0v) is 16.2. The van der Waals surface area contributed by atoms with Gasteiger partial charge in [-0.3, -0.25) is 0 Å². The molecule has 29 heavy (non-hydrogen) atoms. The highest BCUT2D eigenvalue weighted by Crippen LogP contribution is 2.35. The van der Waals surface area contributed by atoms with E-state index in [9.17, 15) is 20.4 Å². The van der Waals surface area contributed by atoms with E-state index >= 15 is 0 Å². The van der Waals surface area contributed by atoms with Crippen LogP contribution in [0.2, 0.25) is 0 Å². The van der Waals surface area contributed by atoms with E-state index in [1.807, 2.05) is 43.3 Å². The summed E-state index contributed by atoms with van der Waals surface area (Å²) in [4.78, 5) is 0. The van der Waals surface area contributed by atoms with E-state index in [2.05, 4.69) is 0 Å². The first-order valence-electron chi connectivity index (χ1n) is 9.76. The molecule has 4 N–H and O–H groups in total. The van der Waals surface area contributed by atoms with Gasteiger partial charge in [-0.05, 0) is 47.7 Å². The lowest BCUT2D eigenvalue weighted by Gasteiger charge is -2.40. The van der Waals surface area contributed by atoms with E-state index in [0.717, 1.165) is 28.2 Å². The van der Waals surface area contributed by atoms with E-state index in [1.165, 1.54) is 0 Å². The first kappa shape index (κ1) is 20.1. The molecule has 0 saturated carbocycles. The van der Waals surface area contributed by atoms with Gasteiger partial charge in [0.05, 0.1) is 6.61 Å². The minimum absolute atomic E-state index is 0.447. The Hall–Kier alpha value is -2.16. The van der Waals surface area contributed by atoms with Gasteiger partial charge in [0.15, 0.2) is 11.5 Å². The number of benzene rings is 2. The van der Waals surface area contributed by atoms with Crippen molar-refractivity contribution < 1.29 is 34.6 Å². The van der Waals surface area contributed by atoms with Crippen LogP contribution in [0.4, 0.5) is 0 Å². The number of aliphatic hydroxyl groups excluding tert-OH is 4. The van der Waals surface area contributed by atoms with E-state index in [-0.39, 0.29) is 0 Å². The van der Waals surface area contributed by atoms with Crippen molar-refractivity contribution >= 4 is 0 Å². The van der Waals surface area contributed by atoms with Crippen LogP contribution in [0.25, 0.3) is 0 Å². The number of aliphatic hydroxyl groups is 4. The van der Waals surface area contributed by atoms with E-state index in [4.69, 9.17) is 14.2 Å². The molecular weight excluding hydrogens is 376 g/mol. The molecule has 1 saturated heterocycles. The van der Waals surface area contributed by atoms with E-state index < -0.39 is 37.1 Å². The highest BCUT2D eigenvalue weighted by atomic mass is 16.6. The van der Waals surface area contributed by atoms with Crippen molar-refractivity contribution in [2.75, 3.05) is 19.8 Å². The van der Waals surface area contributed by atoms with Crippen LogP contribution in [0.5, 0.6) is 11.5 Å². The first-order valence-corrected chi connectivity index (χ1v) is 9.76. The van der Waals surface area contributed by atoms with Gasteiger partial charge in [-0.1, -0.05) is 24.3 Å². The molecule has 4 rings (SSSR count). The fourth-order valence-electron chi connectivity index (χ4n) is 3.85. The molecule has 0 bridgehead atoms. The predicted molar refractivity (Wildman–Crippen MR) is 104 cm³/mol. The van der Waals surface area contributed by atoms with Crippen molar-refractivity contribution in [1.82, 2.24) is 0 Å². The molecule has 2 heterocycles. The quantitative estimate of drug-likeness (QED) is 0.601. The van der Waals surface area contributed by atoms with Gasteiger partial charge >= 0.3 is 0 Å². The SMILES string of the molecule is Cc1ccc([C@@H]2O[C@H](CO)[C@@H](O)[C@H](O)[C@H]2O)cc1Cc1ccc2c(c1)OCCO2. The molecule has 0 spiro atoms. The van der Waals surface area contributed by atoms with Crippen molar-refractivity contribution in [1.29, 1.82) is 0 Å². The van der Waals surface area contributed by atoms with Crippen LogP contribution < -0.4 is 9.47 Å². The zero-order valence-electron chi connectivity index (χ0n) is 16.2. The number of rotatable bonds is 4. The lowest BCUT2D eigenvalue weighted by molar-refractivity contribution is -0.231. The molecule has 5 atom stereocenters. The third-order valence-electron chi connectivity index (χ3n) is 5.60. The van der Waals surface area contributed by atoms with E-state index in [0.29, 0.717) is 25.2 Å². The molecule has 1 fully saturated rings. The summed E-state index contributed by atoms with van der Waals surface area (Å²) >= 11 is 0. The van der Waals surface area contributed by atoms with Crippen molar-refractivity contribution in [3.8, 4) is 11.5 Å². The van der Waals surface area contributed by atoms with Crippen molar-refractivity contribution in [2.24, 2.45) is 0 Å². The third kappa shape index (κ3) is 3.97. The van der Waals surface area contributed by atoms with Crippen LogP contribution in [-0.4, -0.2) is 64.7 Å². The highest BCUT2D eigenvalue weighted by molar-refractivity contribution is 5.46. The molecule has 2 aromatic rings. The molecule has 0 amide bonds. The lowest BCUT2D eigenvalue weighted by Crippen LogP contribution is -2.55. The van der Waals surface area contributed by atoms with Gasteiger partial charge in [-0.25, -0.2) is 0 Å². The van der Waals surface area contributed by atoms with Crippen molar-refractivity contribution in [2.45, 2.75) is 43.9 Å². The Labute approximate surface area is 169 Å². The normalized spacial score (nSPS) is 28.9. The zero-order chi connectivity index (χ0) is 20.5. The van der Waals surface area contributed by atoms with Crippen molar-refractivity contribution in [3.05, 3.63) is 58.7 Å². The number of ether oxygens (including phenoxy) is 3. The lowest BCUT2D eigenvalue weighted by atomic mass is 9.89. The second kappa shape index (κ2) is 8.30. The second-order valence-electron chi connectivity index (χ2n) is 7.59. The molecule has 2 aliphatic rings. The van der Waals surface area contributed by atoms with Crippen LogP contribution in [0.1, 0.15) is 28.4 Å². The maximum atomic E-state index is 10.4. The predicted octanol–water partition coefficient (Wildman–Crippen LogP) is 0.872. The van der Waals surface area contributed by atoms with Crippen LogP contribution >= 0.6 is 0 Å². The summed E-state index contributed by atoms with van der Waals surface area (Å²) in [5.41, 5.74) is 3.85. The minimum Gasteiger partial charge on any atom is -0.486 e. The van der Waals surface area contributed by atoms with Crippen LogP contribution in [0.3, 0.4) is 0 Å². The largest absolute Gasteiger partial charge is 0.486 e. The fraction of sp³-hybridized carbons (Fsp3) is 0.455. The average molecular weight is 402 g/mol. The van der Waals surface area contributed by atoms with Crippen LogP contribution in [0, 0.1) is 6.92 Å². The fourth-order valence-corrected chi connectivity index (χ4v) is 3.85. The minimum atomic E-state index is -1.39. The summed E-state index contributed by atoms with van der Waals surface area (Å²) in [6, 6.07) is 11.6. The topological polar surface area (TPSA) is 109 Å². The van der Waals surface area contributed by atoms with Gasteiger partial charge in [-0.2, -0.15) is 0 Å². The van der Waals surface area contributed by atoms with Gasteiger partial charge in [0, 0.05) is 0 Å². The average Bonchev–Trinajstić information content (AvgIpc) is 2.74. The summed E-state index contributed by atoms with van der Waals surface area (Å²) in [6.07, 6.45) is -5.18. The Morgan fingerprint density at radius 2 is 1.66 bits per heavy atom. The third-order valence-corrected chi connectivity index (χ3v) is 5.60. The number of aryl methyl sites for hydroxylation is 1. The summed E-state index contributed by atoms with van der Waals surface area (Å²) in [5, 5.41) is 39.9. The molecule has 0 aliphatic carbocycles. The maximum Gasteiger partial charge on any atom is 0.161 e. The first-order chi connectivity index (χ1) is 14.0. The molecule has 0 aromatic heterocycles. The van der Waals surface area contributed by atoms with E-state index in [1.54, 1.807) is 0 Å². The Morgan fingerprint density at radius 3 is 2.41 bits per heavy atom. The Balaban J connectivity index is 1.59. The Bertz CT molecular complexity index is 866.